The Morgan fingerprint density at radius 3 is 2.13 bits per heavy atom. The van der Waals surface area contributed by atoms with Crippen molar-refractivity contribution in [3.8, 4) is 0 Å². The van der Waals surface area contributed by atoms with E-state index in [-0.39, 0.29) is 11.3 Å². The van der Waals surface area contributed by atoms with Gasteiger partial charge in [0.1, 0.15) is 23.9 Å². The van der Waals surface area contributed by atoms with Gasteiger partial charge in [0.05, 0.1) is 11.7 Å². The topological polar surface area (TPSA) is 102 Å². The van der Waals surface area contributed by atoms with Crippen LogP contribution in [0.25, 0.3) is 0 Å². The molecular weight excluding hydrogens is 400 g/mol. The fraction of sp³-hybridized carbons (Fsp3) is 0.833. The van der Waals surface area contributed by atoms with Gasteiger partial charge in [-0.25, -0.2) is 0 Å². The molecule has 0 radical (unpaired) electrons. The first-order chi connectivity index (χ1) is 14.1. The molecule has 3 fully saturated rings. The lowest BCUT2D eigenvalue weighted by molar-refractivity contribution is -0.353. The van der Waals surface area contributed by atoms with Crippen molar-refractivity contribution in [1.29, 1.82) is 0 Å². The Hall–Kier alpha value is -1.44. The highest BCUT2D eigenvalue weighted by atomic mass is 16.6. The molecule has 1 heterocycles. The fourth-order valence-electron chi connectivity index (χ4n) is 7.35. The van der Waals surface area contributed by atoms with Gasteiger partial charge in [-0.3, -0.25) is 9.59 Å². The quantitative estimate of drug-likeness (QED) is 0.516. The van der Waals surface area contributed by atoms with Gasteiger partial charge in [-0.05, 0) is 32.1 Å². The van der Waals surface area contributed by atoms with Crippen molar-refractivity contribution in [1.82, 2.24) is 0 Å². The lowest BCUT2D eigenvalue weighted by atomic mass is 9.41. The van der Waals surface area contributed by atoms with Gasteiger partial charge in [0, 0.05) is 37.5 Å². The molecule has 0 aromatic rings. The minimum atomic E-state index is -1.25. The normalized spacial score (nSPS) is 48.7. The number of carbonyl (C=O) groups excluding carboxylic acids is 2. The number of esters is 2. The molecule has 3 aliphatic rings. The summed E-state index contributed by atoms with van der Waals surface area (Å²) in [5.41, 5.74) is -3.26. The molecular formula is C24H38O7. The zero-order valence-corrected chi connectivity index (χ0v) is 19.8. The predicted octanol–water partition coefficient (Wildman–Crippen LogP) is 2.77. The molecule has 9 atom stereocenters. The van der Waals surface area contributed by atoms with Gasteiger partial charge in [-0.1, -0.05) is 26.8 Å². The summed E-state index contributed by atoms with van der Waals surface area (Å²) in [6.45, 7) is 16.3. The van der Waals surface area contributed by atoms with Crippen LogP contribution in [0, 0.1) is 22.7 Å². The number of aliphatic hydroxyl groups is 2. The second-order valence-electron chi connectivity index (χ2n) is 11.0. The van der Waals surface area contributed by atoms with Gasteiger partial charge in [0.2, 0.25) is 0 Å². The summed E-state index contributed by atoms with van der Waals surface area (Å²) in [7, 11) is 0. The predicted molar refractivity (Wildman–Crippen MR) is 114 cm³/mol. The number of fused-ring (bicyclic) bond motifs is 3. The van der Waals surface area contributed by atoms with E-state index in [4.69, 9.17) is 14.2 Å². The number of rotatable bonds is 3. The number of ether oxygens (including phenoxy) is 3. The molecule has 0 spiro atoms. The van der Waals surface area contributed by atoms with E-state index in [1.54, 1.807) is 13.0 Å². The smallest absolute Gasteiger partial charge is 0.303 e. The summed E-state index contributed by atoms with van der Waals surface area (Å²) >= 11 is 0. The van der Waals surface area contributed by atoms with Crippen LogP contribution < -0.4 is 0 Å². The highest BCUT2D eigenvalue weighted by Crippen LogP contribution is 2.66. The molecule has 2 N–H and O–H groups in total. The van der Waals surface area contributed by atoms with Crippen LogP contribution in [0.3, 0.4) is 0 Å². The number of hydrogen-bond acceptors (Lipinski definition) is 7. The minimum absolute atomic E-state index is 0.303. The molecule has 176 valence electrons. The molecule has 31 heavy (non-hydrogen) atoms. The molecule has 1 saturated heterocycles. The van der Waals surface area contributed by atoms with Crippen LogP contribution in [0.2, 0.25) is 0 Å². The molecule has 2 aliphatic carbocycles. The van der Waals surface area contributed by atoms with Crippen LogP contribution in [0.4, 0.5) is 0 Å². The second-order valence-corrected chi connectivity index (χ2v) is 11.0. The van der Waals surface area contributed by atoms with Crippen LogP contribution >= 0.6 is 0 Å². The largest absolute Gasteiger partial charge is 0.462 e. The number of aliphatic hydroxyl groups excluding tert-OH is 2. The van der Waals surface area contributed by atoms with Crippen molar-refractivity contribution in [3.05, 3.63) is 12.7 Å². The molecule has 7 heteroatoms. The maximum atomic E-state index is 12.1. The summed E-state index contributed by atoms with van der Waals surface area (Å²) in [5.74, 6) is -1.81. The molecule has 0 amide bonds. The van der Waals surface area contributed by atoms with Crippen molar-refractivity contribution < 1.29 is 34.0 Å². The van der Waals surface area contributed by atoms with Crippen LogP contribution in [-0.4, -0.2) is 57.8 Å². The molecule has 0 aromatic heterocycles. The van der Waals surface area contributed by atoms with Crippen molar-refractivity contribution in [3.63, 3.8) is 0 Å². The Balaban J connectivity index is 2.25. The molecule has 1 aliphatic heterocycles. The monoisotopic (exact) mass is 438 g/mol. The second kappa shape index (κ2) is 7.56. The SMILES string of the molecule is C=C[C@@]1(C)C[C@@H](O)[C@H]2[C@](C)(O1)[C@@H](O)[C@@H](OC(C)=O)[C@H]1C(C)(C)CC[C@@H](OC(C)=O)[C@@]12C. The van der Waals surface area contributed by atoms with Crippen LogP contribution in [0.15, 0.2) is 12.7 Å². The van der Waals surface area contributed by atoms with E-state index in [9.17, 15) is 19.8 Å². The Kier molecular flexibility index (Phi) is 5.91. The zero-order valence-electron chi connectivity index (χ0n) is 19.8. The summed E-state index contributed by atoms with van der Waals surface area (Å²) in [6.07, 6.45) is -0.134. The number of hydrogen-bond donors (Lipinski definition) is 2. The Morgan fingerprint density at radius 2 is 1.61 bits per heavy atom. The van der Waals surface area contributed by atoms with Crippen molar-refractivity contribution in [2.75, 3.05) is 0 Å². The van der Waals surface area contributed by atoms with Gasteiger partial charge < -0.3 is 24.4 Å². The molecule has 3 rings (SSSR count). The summed E-state index contributed by atoms with van der Waals surface area (Å²) in [6, 6.07) is 0. The summed E-state index contributed by atoms with van der Waals surface area (Å²) in [5, 5.41) is 23.1. The van der Waals surface area contributed by atoms with Crippen LogP contribution in [0.1, 0.15) is 67.7 Å². The van der Waals surface area contributed by atoms with Crippen molar-refractivity contribution in [2.45, 2.75) is 103 Å². The van der Waals surface area contributed by atoms with Gasteiger partial charge in [-0.2, -0.15) is 0 Å². The third kappa shape index (κ3) is 3.62. The lowest BCUT2D eigenvalue weighted by Gasteiger charge is -2.69. The van der Waals surface area contributed by atoms with E-state index in [0.29, 0.717) is 12.8 Å². The maximum absolute atomic E-state index is 12.1. The van der Waals surface area contributed by atoms with Gasteiger partial charge in [0.25, 0.3) is 0 Å². The number of carbonyl (C=O) groups is 2. The Morgan fingerprint density at radius 1 is 1.03 bits per heavy atom. The first kappa shape index (κ1) is 24.2. The standard InChI is InChI=1S/C24H38O7/c1-9-22(6)12-15(27)18-23(7)16(29-13(2)25)10-11-21(4,5)19(23)17(30-14(3)26)20(28)24(18,8)31-22/h9,15-20,27-28H,1,10-12H2,2-8H3/t15-,16-,17+,18-,19+,20+,22+,23-,24+/m1/s1. The van der Waals surface area contributed by atoms with E-state index < -0.39 is 58.9 Å². The van der Waals surface area contributed by atoms with E-state index in [1.165, 1.54) is 13.8 Å². The van der Waals surface area contributed by atoms with Crippen molar-refractivity contribution in [2.24, 2.45) is 22.7 Å². The van der Waals surface area contributed by atoms with E-state index in [1.807, 2.05) is 13.8 Å². The molecule has 2 saturated carbocycles. The first-order valence-corrected chi connectivity index (χ1v) is 11.2. The van der Waals surface area contributed by atoms with Gasteiger partial charge >= 0.3 is 11.9 Å². The Bertz CT molecular complexity index is 763. The molecule has 0 unspecified atom stereocenters. The third-order valence-electron chi connectivity index (χ3n) is 8.27. The first-order valence-electron chi connectivity index (χ1n) is 11.2. The molecule has 0 aromatic carbocycles. The minimum Gasteiger partial charge on any atom is -0.462 e. The highest BCUT2D eigenvalue weighted by Gasteiger charge is 2.74. The van der Waals surface area contributed by atoms with Crippen LogP contribution in [0.5, 0.6) is 0 Å². The van der Waals surface area contributed by atoms with Crippen molar-refractivity contribution >= 4 is 11.9 Å². The maximum Gasteiger partial charge on any atom is 0.303 e. The van der Waals surface area contributed by atoms with Gasteiger partial charge in [0.15, 0.2) is 0 Å². The van der Waals surface area contributed by atoms with E-state index >= 15 is 0 Å². The average molecular weight is 439 g/mol. The zero-order chi connectivity index (χ0) is 23.6. The summed E-state index contributed by atoms with van der Waals surface area (Å²) in [4.78, 5) is 24.1. The fourth-order valence-corrected chi connectivity index (χ4v) is 7.35. The highest BCUT2D eigenvalue weighted by molar-refractivity contribution is 5.67. The average Bonchev–Trinajstić information content (AvgIpc) is 2.60. The molecule has 7 nitrogen and oxygen atoms in total. The van der Waals surface area contributed by atoms with Crippen LogP contribution in [-0.2, 0) is 23.8 Å². The Labute approximate surface area is 185 Å². The van der Waals surface area contributed by atoms with Gasteiger partial charge in [-0.15, -0.1) is 6.58 Å². The summed E-state index contributed by atoms with van der Waals surface area (Å²) < 4.78 is 18.1. The third-order valence-corrected chi connectivity index (χ3v) is 8.27. The van der Waals surface area contributed by atoms with E-state index in [0.717, 1.165) is 6.42 Å². The molecule has 0 bridgehead atoms. The lowest BCUT2D eigenvalue weighted by Crippen LogP contribution is -2.78. The van der Waals surface area contributed by atoms with E-state index in [2.05, 4.69) is 20.4 Å².